The number of piperazine rings is 1. The van der Waals surface area contributed by atoms with Crippen molar-refractivity contribution in [1.29, 1.82) is 0 Å². The number of aryl methyl sites for hydroxylation is 1. The summed E-state index contributed by atoms with van der Waals surface area (Å²) in [5.41, 5.74) is 1.89. The van der Waals surface area contributed by atoms with Crippen LogP contribution in [0, 0.1) is 6.92 Å². The van der Waals surface area contributed by atoms with Crippen LogP contribution in [-0.2, 0) is 0 Å². The van der Waals surface area contributed by atoms with Gasteiger partial charge in [-0.05, 0) is 44.0 Å². The molecule has 2 aliphatic rings. The Hall–Kier alpha value is -2.63. The van der Waals surface area contributed by atoms with Crippen molar-refractivity contribution in [2.75, 3.05) is 49.1 Å². The largest absolute Gasteiger partial charge is 0.355 e. The van der Waals surface area contributed by atoms with E-state index >= 15 is 0 Å². The molecule has 0 unspecified atom stereocenters. The van der Waals surface area contributed by atoms with Gasteiger partial charge in [-0.2, -0.15) is 0 Å². The number of hydrogen-bond acceptors (Lipinski definition) is 5. The molecule has 2 aromatic rings. The highest BCUT2D eigenvalue weighted by Crippen LogP contribution is 2.20. The van der Waals surface area contributed by atoms with Crippen LogP contribution >= 0.6 is 0 Å². The molecule has 0 N–H and O–H groups in total. The van der Waals surface area contributed by atoms with Gasteiger partial charge < -0.3 is 14.7 Å². The van der Waals surface area contributed by atoms with Crippen LogP contribution in [0.25, 0.3) is 0 Å². The number of carbonyl (C=O) groups excluding carboxylic acids is 1. The van der Waals surface area contributed by atoms with Crippen LogP contribution in [0.15, 0.2) is 36.4 Å². The molecule has 0 atom stereocenters. The van der Waals surface area contributed by atoms with Gasteiger partial charge in [-0.1, -0.05) is 17.7 Å². The van der Waals surface area contributed by atoms with Gasteiger partial charge in [0, 0.05) is 44.8 Å². The molecule has 6 heteroatoms. The lowest BCUT2D eigenvalue weighted by molar-refractivity contribution is 0.0746. The Labute approximate surface area is 154 Å². The highest BCUT2D eigenvalue weighted by Gasteiger charge is 2.23. The van der Waals surface area contributed by atoms with E-state index in [1.165, 1.54) is 12.8 Å². The number of nitrogens with zero attached hydrogens (tertiary/aromatic N) is 5. The van der Waals surface area contributed by atoms with Crippen LogP contribution in [-0.4, -0.2) is 60.3 Å². The van der Waals surface area contributed by atoms with E-state index in [-0.39, 0.29) is 5.91 Å². The minimum absolute atomic E-state index is 0.115. The molecule has 4 rings (SSSR count). The minimum Gasteiger partial charge on any atom is -0.355 e. The van der Waals surface area contributed by atoms with Gasteiger partial charge in [-0.15, -0.1) is 10.2 Å². The molecular weight excluding hydrogens is 326 g/mol. The van der Waals surface area contributed by atoms with Crippen molar-refractivity contribution >= 4 is 17.5 Å². The molecule has 0 bridgehead atoms. The van der Waals surface area contributed by atoms with Gasteiger partial charge >= 0.3 is 0 Å². The van der Waals surface area contributed by atoms with Gasteiger partial charge in [-0.25, -0.2) is 0 Å². The monoisotopic (exact) mass is 351 g/mol. The van der Waals surface area contributed by atoms with Crippen molar-refractivity contribution in [2.24, 2.45) is 0 Å². The molecule has 3 heterocycles. The van der Waals surface area contributed by atoms with Crippen LogP contribution in [0.1, 0.15) is 28.8 Å². The summed E-state index contributed by atoms with van der Waals surface area (Å²) in [5.74, 6) is 1.99. The van der Waals surface area contributed by atoms with Crippen molar-refractivity contribution in [2.45, 2.75) is 19.8 Å². The van der Waals surface area contributed by atoms with Crippen LogP contribution in [0.4, 0.5) is 11.6 Å². The van der Waals surface area contributed by atoms with E-state index in [1.54, 1.807) is 0 Å². The fraction of sp³-hybridized carbons (Fsp3) is 0.450. The molecule has 2 saturated heterocycles. The molecule has 1 amide bonds. The first kappa shape index (κ1) is 16.8. The van der Waals surface area contributed by atoms with Gasteiger partial charge in [0.2, 0.25) is 0 Å². The predicted octanol–water partition coefficient (Wildman–Crippen LogP) is 2.35. The van der Waals surface area contributed by atoms with Crippen molar-refractivity contribution in [1.82, 2.24) is 15.1 Å². The highest BCUT2D eigenvalue weighted by atomic mass is 16.2. The van der Waals surface area contributed by atoms with Crippen molar-refractivity contribution in [3.8, 4) is 0 Å². The van der Waals surface area contributed by atoms with E-state index in [2.05, 4.69) is 32.1 Å². The third-order valence-corrected chi connectivity index (χ3v) is 5.22. The lowest BCUT2D eigenvalue weighted by atomic mass is 10.1. The van der Waals surface area contributed by atoms with Crippen LogP contribution in [0.5, 0.6) is 0 Å². The molecule has 0 aliphatic carbocycles. The lowest BCUT2D eigenvalue weighted by Gasteiger charge is -2.35. The zero-order valence-electron chi connectivity index (χ0n) is 15.3. The van der Waals surface area contributed by atoms with E-state index in [1.807, 2.05) is 36.1 Å². The van der Waals surface area contributed by atoms with Gasteiger partial charge in [-0.3, -0.25) is 4.79 Å². The molecule has 0 spiro atoms. The Morgan fingerprint density at radius 1 is 0.846 bits per heavy atom. The average molecular weight is 351 g/mol. The molecule has 0 radical (unpaired) electrons. The summed E-state index contributed by atoms with van der Waals surface area (Å²) < 4.78 is 0. The Morgan fingerprint density at radius 2 is 1.46 bits per heavy atom. The fourth-order valence-corrected chi connectivity index (χ4v) is 3.70. The zero-order valence-corrected chi connectivity index (χ0v) is 15.3. The van der Waals surface area contributed by atoms with Gasteiger partial charge in [0.15, 0.2) is 11.6 Å². The number of rotatable bonds is 3. The topological polar surface area (TPSA) is 52.6 Å². The number of hydrogen-bond donors (Lipinski definition) is 0. The fourth-order valence-electron chi connectivity index (χ4n) is 3.70. The molecule has 6 nitrogen and oxygen atoms in total. The zero-order chi connectivity index (χ0) is 17.9. The third kappa shape index (κ3) is 3.49. The van der Waals surface area contributed by atoms with E-state index in [0.29, 0.717) is 13.1 Å². The van der Waals surface area contributed by atoms with Crippen molar-refractivity contribution in [3.63, 3.8) is 0 Å². The second-order valence-corrected chi connectivity index (χ2v) is 7.09. The van der Waals surface area contributed by atoms with E-state index in [0.717, 1.165) is 48.9 Å². The summed E-state index contributed by atoms with van der Waals surface area (Å²) in [5, 5.41) is 8.82. The molecule has 1 aromatic carbocycles. The second kappa shape index (κ2) is 7.32. The summed E-state index contributed by atoms with van der Waals surface area (Å²) in [6.45, 7) is 7.16. The Morgan fingerprint density at radius 3 is 2.04 bits per heavy atom. The van der Waals surface area contributed by atoms with Crippen molar-refractivity contribution < 1.29 is 4.79 Å². The Kier molecular flexibility index (Phi) is 4.73. The standard InChI is InChI=1S/C20H25N5O/c1-16-5-4-6-17(15-16)20(26)25-13-11-24(12-14-25)19-8-7-18(21-22-19)23-9-2-3-10-23/h4-8,15H,2-3,9-14H2,1H3. The summed E-state index contributed by atoms with van der Waals surface area (Å²) >= 11 is 0. The van der Waals surface area contributed by atoms with Crippen LogP contribution in [0.3, 0.4) is 0 Å². The first-order chi connectivity index (χ1) is 12.7. The number of amides is 1. The Balaban J connectivity index is 1.36. The van der Waals surface area contributed by atoms with Crippen LogP contribution in [0.2, 0.25) is 0 Å². The maximum Gasteiger partial charge on any atom is 0.253 e. The quantitative estimate of drug-likeness (QED) is 0.850. The summed E-state index contributed by atoms with van der Waals surface area (Å²) in [4.78, 5) is 19.1. The smallest absolute Gasteiger partial charge is 0.253 e. The number of carbonyl (C=O) groups is 1. The average Bonchev–Trinajstić information content (AvgIpc) is 3.23. The first-order valence-corrected chi connectivity index (χ1v) is 9.40. The molecule has 0 saturated carbocycles. The van der Waals surface area contributed by atoms with Crippen molar-refractivity contribution in [3.05, 3.63) is 47.5 Å². The molecule has 1 aromatic heterocycles. The Bertz CT molecular complexity index is 762. The SMILES string of the molecule is Cc1cccc(C(=O)N2CCN(c3ccc(N4CCCC4)nn3)CC2)c1. The number of anilines is 2. The van der Waals surface area contributed by atoms with Gasteiger partial charge in [0.25, 0.3) is 5.91 Å². The van der Waals surface area contributed by atoms with E-state index in [9.17, 15) is 4.79 Å². The maximum atomic E-state index is 12.7. The second-order valence-electron chi connectivity index (χ2n) is 7.09. The summed E-state index contributed by atoms with van der Waals surface area (Å²) in [6.07, 6.45) is 2.47. The molecule has 2 aliphatic heterocycles. The maximum absolute atomic E-state index is 12.7. The van der Waals surface area contributed by atoms with E-state index in [4.69, 9.17) is 0 Å². The molecular formula is C20H25N5O. The minimum atomic E-state index is 0.115. The third-order valence-electron chi connectivity index (χ3n) is 5.22. The van der Waals surface area contributed by atoms with Gasteiger partial charge in [0.05, 0.1) is 0 Å². The molecule has 26 heavy (non-hydrogen) atoms. The normalized spacial score (nSPS) is 17.7. The highest BCUT2D eigenvalue weighted by molar-refractivity contribution is 5.94. The number of benzene rings is 1. The van der Waals surface area contributed by atoms with E-state index < -0.39 is 0 Å². The lowest BCUT2D eigenvalue weighted by Crippen LogP contribution is -2.49. The summed E-state index contributed by atoms with van der Waals surface area (Å²) in [6, 6.07) is 11.9. The number of aromatic nitrogens is 2. The van der Waals surface area contributed by atoms with Gasteiger partial charge in [0.1, 0.15) is 0 Å². The molecule has 136 valence electrons. The predicted molar refractivity (Wildman–Crippen MR) is 103 cm³/mol. The molecule has 2 fully saturated rings. The first-order valence-electron chi connectivity index (χ1n) is 9.40. The van der Waals surface area contributed by atoms with Crippen LogP contribution < -0.4 is 9.80 Å². The summed E-state index contributed by atoms with van der Waals surface area (Å²) in [7, 11) is 0.